The van der Waals surface area contributed by atoms with E-state index in [2.05, 4.69) is 5.32 Å². The summed E-state index contributed by atoms with van der Waals surface area (Å²) in [5, 5.41) is 12.6. The first-order valence-corrected chi connectivity index (χ1v) is 9.58. The smallest absolute Gasteiger partial charge is 0.255 e. The van der Waals surface area contributed by atoms with E-state index in [1.54, 1.807) is 29.2 Å². The molecule has 29 heavy (non-hydrogen) atoms. The summed E-state index contributed by atoms with van der Waals surface area (Å²) in [5.41, 5.74) is 1.58. The van der Waals surface area contributed by atoms with Crippen molar-refractivity contribution in [1.29, 1.82) is 0 Å². The van der Waals surface area contributed by atoms with Gasteiger partial charge in [0.05, 0.1) is 12.6 Å². The quantitative estimate of drug-likeness (QED) is 0.781. The van der Waals surface area contributed by atoms with Crippen LogP contribution in [0.25, 0.3) is 0 Å². The Balaban J connectivity index is 1.73. The second kappa shape index (κ2) is 9.15. The summed E-state index contributed by atoms with van der Waals surface area (Å²) in [6.45, 7) is 4.34. The highest BCUT2D eigenvalue weighted by Gasteiger charge is 2.37. The lowest BCUT2D eigenvalue weighted by molar-refractivity contribution is -0.161. The van der Waals surface area contributed by atoms with Crippen LogP contribution in [-0.4, -0.2) is 47.6 Å². The van der Waals surface area contributed by atoms with Crippen LogP contribution in [0.1, 0.15) is 35.9 Å². The summed E-state index contributed by atoms with van der Waals surface area (Å²) in [4.78, 5) is 26.2. The van der Waals surface area contributed by atoms with Gasteiger partial charge in [-0.2, -0.15) is 0 Å². The van der Waals surface area contributed by atoms with Crippen molar-refractivity contribution in [2.45, 2.75) is 26.0 Å². The van der Waals surface area contributed by atoms with Gasteiger partial charge in [-0.25, -0.2) is 4.39 Å². The monoisotopic (exact) mass is 400 g/mol. The van der Waals surface area contributed by atoms with E-state index in [1.807, 2.05) is 13.8 Å². The largest absolute Gasteiger partial charge is 0.394 e. The molecule has 0 unspecified atom stereocenters. The summed E-state index contributed by atoms with van der Waals surface area (Å²) in [6.07, 6.45) is -0.454. The lowest BCUT2D eigenvalue weighted by Gasteiger charge is -2.41. The molecule has 2 amide bonds. The molecule has 1 aliphatic heterocycles. The minimum Gasteiger partial charge on any atom is -0.394 e. The zero-order valence-electron chi connectivity index (χ0n) is 16.5. The third kappa shape index (κ3) is 4.99. The van der Waals surface area contributed by atoms with Gasteiger partial charge in [0.25, 0.3) is 5.91 Å². The Morgan fingerprint density at radius 3 is 2.62 bits per heavy atom. The Morgan fingerprint density at radius 1 is 1.28 bits per heavy atom. The van der Waals surface area contributed by atoms with Crippen molar-refractivity contribution in [2.24, 2.45) is 5.92 Å². The highest BCUT2D eigenvalue weighted by atomic mass is 19.1. The number of morpholine rings is 1. The van der Waals surface area contributed by atoms with Crippen LogP contribution in [0.3, 0.4) is 0 Å². The second-order valence-corrected chi connectivity index (χ2v) is 7.51. The molecule has 0 spiro atoms. The molecule has 0 radical (unpaired) electrons. The molecule has 6 nitrogen and oxygen atoms in total. The summed E-state index contributed by atoms with van der Waals surface area (Å²) in [5.74, 6) is -0.744. The first-order valence-electron chi connectivity index (χ1n) is 9.58. The van der Waals surface area contributed by atoms with Crippen molar-refractivity contribution in [3.63, 3.8) is 0 Å². The minimum absolute atomic E-state index is 0.0358. The Kier molecular flexibility index (Phi) is 6.61. The van der Waals surface area contributed by atoms with Gasteiger partial charge >= 0.3 is 0 Å². The van der Waals surface area contributed by atoms with Gasteiger partial charge in [0.15, 0.2) is 0 Å². The Labute approximate surface area is 169 Å². The second-order valence-electron chi connectivity index (χ2n) is 7.51. The first-order chi connectivity index (χ1) is 13.9. The number of carbonyl (C=O) groups excluding carboxylic acids is 2. The number of nitrogens with zero attached hydrogens (tertiary/aromatic N) is 1. The predicted octanol–water partition coefficient (Wildman–Crippen LogP) is 2.99. The number of halogens is 1. The molecule has 2 atom stereocenters. The molecular weight excluding hydrogens is 375 g/mol. The number of ether oxygens (including phenoxy) is 1. The molecule has 2 aromatic carbocycles. The number of benzene rings is 2. The minimum atomic E-state index is -0.474. The van der Waals surface area contributed by atoms with Gasteiger partial charge in [-0.1, -0.05) is 32.0 Å². The first kappa shape index (κ1) is 21.0. The van der Waals surface area contributed by atoms with Crippen LogP contribution < -0.4 is 5.32 Å². The molecule has 3 rings (SSSR count). The predicted molar refractivity (Wildman–Crippen MR) is 107 cm³/mol. The maximum absolute atomic E-state index is 13.3. The molecule has 1 heterocycles. The van der Waals surface area contributed by atoms with Crippen molar-refractivity contribution in [2.75, 3.05) is 25.1 Å². The van der Waals surface area contributed by atoms with Crippen LogP contribution in [0, 0.1) is 11.7 Å². The van der Waals surface area contributed by atoms with Crippen molar-refractivity contribution < 1.29 is 23.8 Å². The van der Waals surface area contributed by atoms with Crippen LogP contribution in [0.15, 0.2) is 48.5 Å². The van der Waals surface area contributed by atoms with Crippen LogP contribution in [0.4, 0.5) is 10.1 Å². The summed E-state index contributed by atoms with van der Waals surface area (Å²) in [7, 11) is 0. The molecule has 154 valence electrons. The van der Waals surface area contributed by atoms with Gasteiger partial charge in [0.1, 0.15) is 18.5 Å². The van der Waals surface area contributed by atoms with Gasteiger partial charge in [0, 0.05) is 17.8 Å². The van der Waals surface area contributed by atoms with Crippen molar-refractivity contribution in [3.05, 3.63) is 65.5 Å². The highest BCUT2D eigenvalue weighted by Crippen LogP contribution is 2.30. The number of rotatable bonds is 6. The number of nitrogens with one attached hydrogen (secondary N) is 1. The molecular formula is C22H25FN2O4. The van der Waals surface area contributed by atoms with Crippen molar-refractivity contribution in [3.8, 4) is 0 Å². The Bertz CT molecular complexity index is 869. The number of aliphatic hydroxyl groups is 1. The van der Waals surface area contributed by atoms with Crippen LogP contribution in [-0.2, 0) is 9.53 Å². The zero-order valence-corrected chi connectivity index (χ0v) is 16.5. The molecule has 1 saturated heterocycles. The van der Waals surface area contributed by atoms with E-state index in [-0.39, 0.29) is 30.6 Å². The number of hydrogen-bond acceptors (Lipinski definition) is 4. The normalized spacial score (nSPS) is 19.5. The molecule has 0 aliphatic carbocycles. The lowest BCUT2D eigenvalue weighted by Crippen LogP contribution is -2.53. The maximum atomic E-state index is 13.3. The molecule has 2 N–H and O–H groups in total. The van der Waals surface area contributed by atoms with Gasteiger partial charge in [-0.3, -0.25) is 9.59 Å². The van der Waals surface area contributed by atoms with E-state index in [0.29, 0.717) is 12.2 Å². The summed E-state index contributed by atoms with van der Waals surface area (Å²) >= 11 is 0. The molecule has 1 fully saturated rings. The summed E-state index contributed by atoms with van der Waals surface area (Å²) < 4.78 is 19.0. The van der Waals surface area contributed by atoms with E-state index >= 15 is 0 Å². The fourth-order valence-electron chi connectivity index (χ4n) is 3.44. The molecule has 7 heteroatoms. The van der Waals surface area contributed by atoms with E-state index in [9.17, 15) is 19.1 Å². The average molecular weight is 400 g/mol. The maximum Gasteiger partial charge on any atom is 0.255 e. The highest BCUT2D eigenvalue weighted by molar-refractivity contribution is 6.04. The average Bonchev–Trinajstić information content (AvgIpc) is 2.70. The van der Waals surface area contributed by atoms with Gasteiger partial charge in [0.2, 0.25) is 5.91 Å². The van der Waals surface area contributed by atoms with E-state index in [0.717, 1.165) is 5.56 Å². The fourth-order valence-corrected chi connectivity index (χ4v) is 3.44. The zero-order chi connectivity index (χ0) is 21.0. The third-order valence-corrected chi connectivity index (χ3v) is 4.79. The molecule has 0 saturated carbocycles. The SMILES string of the molecule is CC(C)CN1C(=O)CO[C@H](c2ccc(NC(=O)c3cccc(F)c3)cc2)[C@H]1CO. The van der Waals surface area contributed by atoms with Crippen molar-refractivity contribution in [1.82, 2.24) is 4.90 Å². The number of aliphatic hydroxyl groups excluding tert-OH is 1. The van der Waals surface area contributed by atoms with Crippen LogP contribution >= 0.6 is 0 Å². The van der Waals surface area contributed by atoms with E-state index in [4.69, 9.17) is 4.74 Å². The molecule has 2 aromatic rings. The van der Waals surface area contributed by atoms with Gasteiger partial charge < -0.3 is 20.1 Å². The van der Waals surface area contributed by atoms with E-state index in [1.165, 1.54) is 24.3 Å². The topological polar surface area (TPSA) is 78.9 Å². The lowest BCUT2D eigenvalue weighted by atomic mass is 9.98. The molecule has 1 aliphatic rings. The van der Waals surface area contributed by atoms with Gasteiger partial charge in [-0.15, -0.1) is 0 Å². The number of hydrogen-bond donors (Lipinski definition) is 2. The fraction of sp³-hybridized carbons (Fsp3) is 0.364. The number of anilines is 1. The molecule has 0 bridgehead atoms. The molecule has 0 aromatic heterocycles. The number of carbonyl (C=O) groups is 2. The standard InChI is InChI=1S/C22H25FN2O4/c1-14(2)11-25-19(12-26)21(29-13-20(25)27)15-6-8-18(9-7-15)24-22(28)16-4-3-5-17(23)10-16/h3-10,14,19,21,26H,11-13H2,1-2H3,(H,24,28)/t19-,21-/m1/s1. The summed E-state index contributed by atoms with van der Waals surface area (Å²) in [6, 6.07) is 12.0. The Morgan fingerprint density at radius 2 is 2.00 bits per heavy atom. The number of amides is 2. The third-order valence-electron chi connectivity index (χ3n) is 4.79. The van der Waals surface area contributed by atoms with Crippen LogP contribution in [0.5, 0.6) is 0 Å². The van der Waals surface area contributed by atoms with Crippen LogP contribution in [0.2, 0.25) is 0 Å². The van der Waals surface area contributed by atoms with Crippen molar-refractivity contribution >= 4 is 17.5 Å². The van der Waals surface area contributed by atoms with E-state index < -0.39 is 23.9 Å². The Hall–Kier alpha value is -2.77. The van der Waals surface area contributed by atoms with Gasteiger partial charge in [-0.05, 0) is 41.8 Å².